The van der Waals surface area contributed by atoms with Gasteiger partial charge in [0.1, 0.15) is 18.1 Å². The van der Waals surface area contributed by atoms with E-state index in [1.807, 2.05) is 48.5 Å². The number of carboxylic acids is 1. The summed E-state index contributed by atoms with van der Waals surface area (Å²) in [6, 6.07) is 13.8. The van der Waals surface area contributed by atoms with Gasteiger partial charge in [-0.15, -0.1) is 0 Å². The highest BCUT2D eigenvalue weighted by molar-refractivity contribution is 5.94. The molecule has 3 amide bonds. The van der Waals surface area contributed by atoms with Gasteiger partial charge in [-0.1, -0.05) is 60.7 Å². The third-order valence-electron chi connectivity index (χ3n) is 6.72. The average molecular weight is 606 g/mol. The van der Waals surface area contributed by atoms with Gasteiger partial charge >= 0.3 is 5.97 Å². The van der Waals surface area contributed by atoms with E-state index in [0.29, 0.717) is 12.1 Å². The molecule has 0 radical (unpaired) electrons. The van der Waals surface area contributed by atoms with Gasteiger partial charge in [-0.2, -0.15) is 0 Å². The van der Waals surface area contributed by atoms with Gasteiger partial charge in [0.15, 0.2) is 5.96 Å². The second kappa shape index (κ2) is 17.0. The molecule has 2 aromatic carbocycles. The number of guanidine groups is 1. The first-order chi connectivity index (χ1) is 21.1. The maximum atomic E-state index is 13.7. The first-order valence-corrected chi connectivity index (χ1v) is 14.1. The van der Waals surface area contributed by atoms with Crippen molar-refractivity contribution in [2.75, 3.05) is 6.54 Å². The summed E-state index contributed by atoms with van der Waals surface area (Å²) >= 11 is 0. The van der Waals surface area contributed by atoms with E-state index < -0.39 is 47.9 Å². The fourth-order valence-electron chi connectivity index (χ4n) is 4.43. The molecule has 0 fully saturated rings. The number of aliphatic imine (C=N–C) groups is 1. The molecular formula is C30H39N9O5. The number of hydrogen-bond donors (Lipinski definition) is 8. The van der Waals surface area contributed by atoms with Crippen LogP contribution in [0, 0.1) is 0 Å². The highest BCUT2D eigenvalue weighted by atomic mass is 16.4. The number of imidazole rings is 1. The van der Waals surface area contributed by atoms with Crippen LogP contribution in [0.25, 0.3) is 0 Å². The molecule has 0 aliphatic heterocycles. The molecule has 0 aliphatic rings. The highest BCUT2D eigenvalue weighted by Gasteiger charge is 2.31. The minimum Gasteiger partial charge on any atom is -0.480 e. The molecule has 0 saturated heterocycles. The Labute approximate surface area is 254 Å². The number of nitrogens with one attached hydrogen (secondary N) is 4. The Morgan fingerprint density at radius 1 is 0.795 bits per heavy atom. The smallest absolute Gasteiger partial charge is 0.326 e. The van der Waals surface area contributed by atoms with Crippen molar-refractivity contribution in [3.63, 3.8) is 0 Å². The van der Waals surface area contributed by atoms with Crippen molar-refractivity contribution in [3.05, 3.63) is 90.0 Å². The number of rotatable bonds is 17. The molecule has 14 nitrogen and oxygen atoms in total. The molecule has 0 saturated carbocycles. The number of carbonyl (C=O) groups excluding carboxylic acids is 3. The van der Waals surface area contributed by atoms with Gasteiger partial charge in [0.25, 0.3) is 0 Å². The number of benzene rings is 2. The van der Waals surface area contributed by atoms with E-state index in [2.05, 4.69) is 30.9 Å². The molecule has 11 N–H and O–H groups in total. The Balaban J connectivity index is 1.77. The van der Waals surface area contributed by atoms with Crippen molar-refractivity contribution in [2.45, 2.75) is 56.3 Å². The van der Waals surface area contributed by atoms with Crippen molar-refractivity contribution in [1.82, 2.24) is 25.9 Å². The lowest BCUT2D eigenvalue weighted by Gasteiger charge is -2.25. The fourth-order valence-corrected chi connectivity index (χ4v) is 4.43. The average Bonchev–Trinajstić information content (AvgIpc) is 3.52. The number of H-pyrrole nitrogens is 1. The highest BCUT2D eigenvalue weighted by Crippen LogP contribution is 2.08. The predicted molar refractivity (Wildman–Crippen MR) is 164 cm³/mol. The van der Waals surface area contributed by atoms with Crippen molar-refractivity contribution in [3.8, 4) is 0 Å². The third kappa shape index (κ3) is 11.2. The van der Waals surface area contributed by atoms with Crippen LogP contribution >= 0.6 is 0 Å². The van der Waals surface area contributed by atoms with Crippen molar-refractivity contribution in [1.29, 1.82) is 0 Å². The van der Waals surface area contributed by atoms with E-state index in [1.165, 1.54) is 12.5 Å². The molecule has 0 spiro atoms. The van der Waals surface area contributed by atoms with Crippen molar-refractivity contribution in [2.24, 2.45) is 22.2 Å². The summed E-state index contributed by atoms with van der Waals surface area (Å²) in [6.07, 6.45) is 3.62. The third-order valence-corrected chi connectivity index (χ3v) is 6.72. The van der Waals surface area contributed by atoms with Gasteiger partial charge in [0, 0.05) is 31.3 Å². The Morgan fingerprint density at radius 3 is 1.89 bits per heavy atom. The number of nitrogens with two attached hydrogens (primary N) is 3. The number of amides is 3. The predicted octanol–water partition coefficient (Wildman–Crippen LogP) is -0.642. The maximum absolute atomic E-state index is 13.7. The lowest BCUT2D eigenvalue weighted by molar-refractivity contribution is -0.142. The van der Waals surface area contributed by atoms with E-state index >= 15 is 0 Å². The summed E-state index contributed by atoms with van der Waals surface area (Å²) in [6.45, 7) is 0.184. The van der Waals surface area contributed by atoms with Crippen molar-refractivity contribution >= 4 is 29.7 Å². The number of carbonyl (C=O) groups is 4. The summed E-state index contributed by atoms with van der Waals surface area (Å²) in [7, 11) is 0. The Kier molecular flexibility index (Phi) is 12.9. The van der Waals surface area contributed by atoms with Gasteiger partial charge in [-0.3, -0.25) is 19.4 Å². The summed E-state index contributed by atoms with van der Waals surface area (Å²) in [5, 5.41) is 17.6. The van der Waals surface area contributed by atoms with E-state index in [-0.39, 0.29) is 38.2 Å². The lowest BCUT2D eigenvalue weighted by Crippen LogP contribution is -2.58. The first-order valence-electron chi connectivity index (χ1n) is 14.1. The quantitative estimate of drug-likeness (QED) is 0.0553. The lowest BCUT2D eigenvalue weighted by atomic mass is 10.0. The second-order valence-corrected chi connectivity index (χ2v) is 10.2. The summed E-state index contributed by atoms with van der Waals surface area (Å²) < 4.78 is 0. The van der Waals surface area contributed by atoms with Crippen LogP contribution in [0.1, 0.15) is 29.7 Å². The molecule has 0 aliphatic carbocycles. The number of aromatic nitrogens is 2. The molecule has 3 aromatic rings. The normalized spacial score (nSPS) is 13.5. The summed E-state index contributed by atoms with van der Waals surface area (Å²) in [5.74, 6) is -3.29. The number of hydrogen-bond acceptors (Lipinski definition) is 7. The minimum atomic E-state index is -1.26. The van der Waals surface area contributed by atoms with Gasteiger partial charge in [0.2, 0.25) is 17.7 Å². The Bertz CT molecular complexity index is 1380. The van der Waals surface area contributed by atoms with Crippen LogP contribution in [-0.2, 0) is 38.4 Å². The molecule has 1 aromatic heterocycles. The van der Waals surface area contributed by atoms with E-state index in [9.17, 15) is 24.3 Å². The summed E-state index contributed by atoms with van der Waals surface area (Å²) in [4.78, 5) is 62.7. The molecule has 3 rings (SSSR count). The standard InChI is InChI=1S/C30H39N9O5/c31-22(14-19-8-3-1-4-9-19)26(40)38-24(15-20-10-5-2-6-11-20)27(41)39-25(16-21-17-34-18-36-21)28(42)37-23(29(43)44)12-7-13-35-30(32)33/h1-6,8-11,17-18,22-25H,7,12-16,31H2,(H,34,36)(H,37,42)(H,38,40)(H,39,41)(H,43,44)(H4,32,33,35). The van der Waals surface area contributed by atoms with Gasteiger partial charge < -0.3 is 43.2 Å². The van der Waals surface area contributed by atoms with Gasteiger partial charge in [-0.05, 0) is 30.4 Å². The van der Waals surface area contributed by atoms with E-state index in [1.54, 1.807) is 12.1 Å². The Hall–Kier alpha value is -5.24. The topological polar surface area (TPSA) is 244 Å². The molecule has 234 valence electrons. The minimum absolute atomic E-state index is 0.0164. The van der Waals surface area contributed by atoms with Crippen LogP contribution in [0.2, 0.25) is 0 Å². The number of carboxylic acid groups (broad SMARTS) is 1. The largest absolute Gasteiger partial charge is 0.480 e. The molecule has 4 atom stereocenters. The number of aromatic amines is 1. The molecule has 14 heteroatoms. The number of aliphatic carboxylic acids is 1. The van der Waals surface area contributed by atoms with Gasteiger partial charge in [0.05, 0.1) is 12.4 Å². The SMILES string of the molecule is NC(N)=NCCCC(NC(=O)C(Cc1cnc[nH]1)NC(=O)C(Cc1ccccc1)NC(=O)C(N)Cc1ccccc1)C(=O)O. The molecule has 1 heterocycles. The van der Waals surface area contributed by atoms with E-state index in [0.717, 1.165) is 11.1 Å². The molecular weight excluding hydrogens is 566 g/mol. The molecule has 44 heavy (non-hydrogen) atoms. The van der Waals surface area contributed by atoms with Gasteiger partial charge in [-0.25, -0.2) is 9.78 Å². The molecule has 4 unspecified atom stereocenters. The van der Waals surface area contributed by atoms with Crippen LogP contribution < -0.4 is 33.2 Å². The van der Waals surface area contributed by atoms with Crippen LogP contribution in [0.15, 0.2) is 78.2 Å². The van der Waals surface area contributed by atoms with Crippen LogP contribution in [-0.4, -0.2) is 75.4 Å². The van der Waals surface area contributed by atoms with Crippen molar-refractivity contribution < 1.29 is 24.3 Å². The fraction of sp³-hybridized carbons (Fsp3) is 0.333. The van der Waals surface area contributed by atoms with E-state index in [4.69, 9.17) is 17.2 Å². The van der Waals surface area contributed by atoms with Crippen LogP contribution in [0.3, 0.4) is 0 Å². The zero-order valence-corrected chi connectivity index (χ0v) is 24.2. The Morgan fingerprint density at radius 2 is 1.34 bits per heavy atom. The van der Waals surface area contributed by atoms with Crippen LogP contribution in [0.5, 0.6) is 0 Å². The van der Waals surface area contributed by atoms with Crippen LogP contribution in [0.4, 0.5) is 0 Å². The maximum Gasteiger partial charge on any atom is 0.326 e. The molecule has 0 bridgehead atoms. The zero-order chi connectivity index (χ0) is 31.9. The summed E-state index contributed by atoms with van der Waals surface area (Å²) in [5.41, 5.74) is 19.0. The first kappa shape index (κ1) is 33.3. The zero-order valence-electron chi connectivity index (χ0n) is 24.2. The second-order valence-electron chi connectivity index (χ2n) is 10.2. The monoisotopic (exact) mass is 605 g/mol. The number of nitrogens with zero attached hydrogens (tertiary/aromatic N) is 2.